The van der Waals surface area contributed by atoms with E-state index in [1.807, 2.05) is 55.4 Å². The molecule has 0 saturated carbocycles. The first kappa shape index (κ1) is 23.8. The molecule has 1 N–H and O–H groups in total. The van der Waals surface area contributed by atoms with Crippen molar-refractivity contribution in [1.82, 2.24) is 10.2 Å². The maximum atomic E-state index is 13.4. The summed E-state index contributed by atoms with van der Waals surface area (Å²) >= 11 is 0. The molecule has 1 heterocycles. The van der Waals surface area contributed by atoms with E-state index >= 15 is 0 Å². The molecule has 4 rings (SSSR count). The molecule has 1 unspecified atom stereocenters. The third kappa shape index (κ3) is 4.92. The lowest BCUT2D eigenvalue weighted by atomic mass is 9.91. The number of rotatable bonds is 6. The van der Waals surface area contributed by atoms with E-state index < -0.39 is 23.7 Å². The van der Waals surface area contributed by atoms with Crippen molar-refractivity contribution in [3.63, 3.8) is 0 Å². The van der Waals surface area contributed by atoms with Gasteiger partial charge < -0.3 is 15.1 Å². The Labute approximate surface area is 196 Å². The van der Waals surface area contributed by atoms with Crippen molar-refractivity contribution in [3.8, 4) is 0 Å². The minimum Gasteiger partial charge on any atom is -0.340 e. The lowest BCUT2D eigenvalue weighted by molar-refractivity contribution is -0.137. The van der Waals surface area contributed by atoms with Crippen LogP contribution in [0.2, 0.25) is 0 Å². The molecule has 8 heteroatoms. The molecule has 1 aliphatic heterocycles. The number of anilines is 1. The van der Waals surface area contributed by atoms with Crippen LogP contribution in [-0.2, 0) is 17.4 Å². The van der Waals surface area contributed by atoms with Crippen LogP contribution in [0.5, 0.6) is 0 Å². The van der Waals surface area contributed by atoms with Gasteiger partial charge in [-0.3, -0.25) is 9.59 Å². The van der Waals surface area contributed by atoms with Crippen LogP contribution in [0.3, 0.4) is 0 Å². The first-order valence-corrected chi connectivity index (χ1v) is 11.1. The van der Waals surface area contributed by atoms with E-state index in [1.54, 1.807) is 4.90 Å². The van der Waals surface area contributed by atoms with Crippen LogP contribution < -0.4 is 10.2 Å². The Balaban J connectivity index is 1.62. The second-order valence-electron chi connectivity index (χ2n) is 8.74. The SMILES string of the molecule is CN(C)CCCN1C(=O)C(NC(=O)c2ccc(C(F)(F)F)cc2)Cc2c1ccc1ccccc21. The van der Waals surface area contributed by atoms with E-state index in [1.165, 1.54) is 0 Å². The molecule has 0 bridgehead atoms. The number of nitrogens with zero attached hydrogens (tertiary/aromatic N) is 2. The number of fused-ring (bicyclic) bond motifs is 3. The third-order valence-electron chi connectivity index (χ3n) is 6.05. The summed E-state index contributed by atoms with van der Waals surface area (Å²) in [5.41, 5.74) is 1.05. The first-order chi connectivity index (χ1) is 16.1. The monoisotopic (exact) mass is 469 g/mol. The van der Waals surface area contributed by atoms with Gasteiger partial charge in [0.15, 0.2) is 0 Å². The largest absolute Gasteiger partial charge is 0.416 e. The van der Waals surface area contributed by atoms with Crippen molar-refractivity contribution in [2.24, 2.45) is 0 Å². The highest BCUT2D eigenvalue weighted by Crippen LogP contribution is 2.34. The van der Waals surface area contributed by atoms with E-state index in [-0.39, 0.29) is 11.5 Å². The molecule has 1 atom stereocenters. The highest BCUT2D eigenvalue weighted by atomic mass is 19.4. The molecular weight excluding hydrogens is 443 g/mol. The number of alkyl halides is 3. The molecular formula is C26H26F3N3O2. The predicted octanol–water partition coefficient (Wildman–Crippen LogP) is 4.50. The van der Waals surface area contributed by atoms with Crippen LogP contribution in [0.4, 0.5) is 18.9 Å². The maximum Gasteiger partial charge on any atom is 0.416 e. The zero-order valence-corrected chi connectivity index (χ0v) is 19.0. The van der Waals surface area contributed by atoms with Gasteiger partial charge in [0, 0.05) is 24.2 Å². The molecule has 5 nitrogen and oxygen atoms in total. The molecule has 34 heavy (non-hydrogen) atoms. The summed E-state index contributed by atoms with van der Waals surface area (Å²) in [4.78, 5) is 30.0. The van der Waals surface area contributed by atoms with E-state index in [0.29, 0.717) is 13.0 Å². The van der Waals surface area contributed by atoms with Crippen LogP contribution in [0.1, 0.15) is 27.9 Å². The van der Waals surface area contributed by atoms with Crippen molar-refractivity contribution >= 4 is 28.3 Å². The highest BCUT2D eigenvalue weighted by Gasteiger charge is 2.35. The Morgan fingerprint density at radius 3 is 2.44 bits per heavy atom. The number of benzene rings is 3. The van der Waals surface area contributed by atoms with Crippen molar-refractivity contribution in [1.29, 1.82) is 0 Å². The number of carbonyl (C=O) groups is 2. The molecule has 178 valence electrons. The Hall–Kier alpha value is -3.39. The quantitative estimate of drug-likeness (QED) is 0.579. The highest BCUT2D eigenvalue weighted by molar-refractivity contribution is 6.07. The summed E-state index contributed by atoms with van der Waals surface area (Å²) in [6, 6.07) is 15.0. The van der Waals surface area contributed by atoms with Gasteiger partial charge in [-0.25, -0.2) is 0 Å². The van der Waals surface area contributed by atoms with Crippen LogP contribution in [0, 0.1) is 0 Å². The van der Waals surface area contributed by atoms with Gasteiger partial charge in [-0.1, -0.05) is 30.3 Å². The summed E-state index contributed by atoms with van der Waals surface area (Å²) in [5.74, 6) is -0.800. The van der Waals surface area contributed by atoms with Gasteiger partial charge in [0.25, 0.3) is 5.91 Å². The molecule has 0 radical (unpaired) electrons. The van der Waals surface area contributed by atoms with E-state index in [2.05, 4.69) is 5.32 Å². The van der Waals surface area contributed by atoms with Crippen molar-refractivity contribution < 1.29 is 22.8 Å². The maximum absolute atomic E-state index is 13.4. The Morgan fingerprint density at radius 2 is 1.76 bits per heavy atom. The summed E-state index contributed by atoms with van der Waals surface area (Å²) in [5, 5.41) is 4.81. The van der Waals surface area contributed by atoms with Crippen molar-refractivity contribution in [2.45, 2.75) is 25.1 Å². The van der Waals surface area contributed by atoms with Gasteiger partial charge in [-0.2, -0.15) is 13.2 Å². The Bertz CT molecular complexity index is 1210. The van der Waals surface area contributed by atoms with Gasteiger partial charge in [-0.05, 0) is 73.7 Å². The Morgan fingerprint density at radius 1 is 1.06 bits per heavy atom. The summed E-state index contributed by atoms with van der Waals surface area (Å²) in [6.07, 6.45) is -3.41. The summed E-state index contributed by atoms with van der Waals surface area (Å²) in [6.45, 7) is 1.30. The fourth-order valence-corrected chi connectivity index (χ4v) is 4.33. The standard InChI is InChI=1S/C26H26F3N3O2/c1-31(2)14-5-15-32-23-13-10-17-6-3-4-7-20(17)21(23)16-22(25(32)34)30-24(33)18-8-11-19(12-9-18)26(27,28)29/h3-4,6-13,22H,5,14-16H2,1-2H3,(H,30,33). The number of hydrogen-bond donors (Lipinski definition) is 1. The Kier molecular flexibility index (Phi) is 6.61. The average Bonchev–Trinajstić information content (AvgIpc) is 2.80. The van der Waals surface area contributed by atoms with Crippen LogP contribution >= 0.6 is 0 Å². The predicted molar refractivity (Wildman–Crippen MR) is 126 cm³/mol. The number of carbonyl (C=O) groups excluding carboxylic acids is 2. The van der Waals surface area contributed by atoms with Crippen LogP contribution in [0.25, 0.3) is 10.8 Å². The number of nitrogens with one attached hydrogen (secondary N) is 1. The second-order valence-corrected chi connectivity index (χ2v) is 8.74. The molecule has 3 aromatic rings. The lowest BCUT2D eigenvalue weighted by Gasteiger charge is -2.35. The van der Waals surface area contributed by atoms with E-state index in [4.69, 9.17) is 0 Å². The molecule has 3 aromatic carbocycles. The smallest absolute Gasteiger partial charge is 0.340 e. The normalized spacial score (nSPS) is 16.1. The second kappa shape index (κ2) is 9.46. The summed E-state index contributed by atoms with van der Waals surface area (Å²) in [7, 11) is 3.93. The van der Waals surface area contributed by atoms with Crippen molar-refractivity contribution in [3.05, 3.63) is 77.4 Å². The molecule has 0 saturated heterocycles. The van der Waals surface area contributed by atoms with Gasteiger partial charge >= 0.3 is 6.18 Å². The number of amides is 2. The van der Waals surface area contributed by atoms with E-state index in [9.17, 15) is 22.8 Å². The minimum absolute atomic E-state index is 0.0728. The fraction of sp³-hybridized carbons (Fsp3) is 0.308. The zero-order valence-electron chi connectivity index (χ0n) is 19.0. The van der Waals surface area contributed by atoms with Gasteiger partial charge in [-0.15, -0.1) is 0 Å². The molecule has 0 aromatic heterocycles. The number of hydrogen-bond acceptors (Lipinski definition) is 3. The molecule has 1 aliphatic rings. The zero-order chi connectivity index (χ0) is 24.5. The van der Waals surface area contributed by atoms with E-state index in [0.717, 1.165) is 59.3 Å². The van der Waals surface area contributed by atoms with Gasteiger partial charge in [0.2, 0.25) is 5.91 Å². The number of halogens is 3. The third-order valence-corrected chi connectivity index (χ3v) is 6.05. The van der Waals surface area contributed by atoms with Gasteiger partial charge in [0.05, 0.1) is 5.56 Å². The molecule has 0 spiro atoms. The first-order valence-electron chi connectivity index (χ1n) is 11.1. The van der Waals surface area contributed by atoms with Crippen molar-refractivity contribution in [2.75, 3.05) is 32.1 Å². The topological polar surface area (TPSA) is 52.6 Å². The fourth-order valence-electron chi connectivity index (χ4n) is 4.33. The summed E-state index contributed by atoms with van der Waals surface area (Å²) < 4.78 is 38.6. The molecule has 0 aliphatic carbocycles. The molecule has 0 fully saturated rings. The van der Waals surface area contributed by atoms with Gasteiger partial charge in [0.1, 0.15) is 6.04 Å². The molecule has 2 amide bonds. The average molecular weight is 470 g/mol. The lowest BCUT2D eigenvalue weighted by Crippen LogP contribution is -2.53. The van der Waals surface area contributed by atoms with Crippen LogP contribution in [0.15, 0.2) is 60.7 Å². The van der Waals surface area contributed by atoms with Crippen LogP contribution in [-0.4, -0.2) is 49.9 Å². The minimum atomic E-state index is -4.48.